The van der Waals surface area contributed by atoms with Crippen molar-refractivity contribution in [3.05, 3.63) is 29.3 Å². The topological polar surface area (TPSA) is 6.48 Å². The number of hydrogen-bond acceptors (Lipinski definition) is 2. The van der Waals surface area contributed by atoms with E-state index in [4.69, 9.17) is 11.6 Å². The van der Waals surface area contributed by atoms with Crippen LogP contribution in [0.15, 0.2) is 24.3 Å². The van der Waals surface area contributed by atoms with Gasteiger partial charge < -0.3 is 4.90 Å². The molecule has 0 radical (unpaired) electrons. The van der Waals surface area contributed by atoms with Crippen molar-refractivity contribution in [3.8, 4) is 0 Å². The van der Waals surface area contributed by atoms with Gasteiger partial charge in [0.1, 0.15) is 0 Å². The molecule has 1 aliphatic rings. The van der Waals surface area contributed by atoms with Crippen molar-refractivity contribution in [1.29, 1.82) is 0 Å². The van der Waals surface area contributed by atoms with Crippen LogP contribution in [-0.2, 0) is 0 Å². The van der Waals surface area contributed by atoms with Gasteiger partial charge in [-0.15, -0.1) is 0 Å². The van der Waals surface area contributed by atoms with Crippen LogP contribution in [0.4, 0.5) is 5.69 Å². The fourth-order valence-electron chi connectivity index (χ4n) is 2.06. The van der Waals surface area contributed by atoms with Crippen LogP contribution in [0.5, 0.6) is 0 Å². The van der Waals surface area contributed by atoms with Gasteiger partial charge in [0.2, 0.25) is 0 Å². The minimum absolute atomic E-state index is 0.515. The number of rotatable bonds is 4. The first-order valence-electron chi connectivity index (χ1n) is 6.02. The molecular weight excluding hydrogens is 347 g/mol. The molecule has 1 aromatic rings. The molecule has 0 aromatic heterocycles. The molecule has 1 saturated heterocycles. The summed E-state index contributed by atoms with van der Waals surface area (Å²) in [4.78, 5) is 2.45. The predicted octanol–water partition coefficient (Wildman–Crippen LogP) is 3.98. The van der Waals surface area contributed by atoms with Crippen LogP contribution in [0, 0.1) is 0 Å². The highest BCUT2D eigenvalue weighted by atomic mass is 127. The minimum Gasteiger partial charge on any atom is -0.368 e. The molecule has 4 heteroatoms. The van der Waals surface area contributed by atoms with E-state index in [9.17, 15) is 0 Å². The fourth-order valence-corrected chi connectivity index (χ4v) is 2.92. The molecule has 1 aromatic carbocycles. The lowest BCUT2D eigenvalue weighted by molar-refractivity contribution is 0.246. The number of nitrogens with zero attached hydrogens (tertiary/aromatic N) is 2. The van der Waals surface area contributed by atoms with Gasteiger partial charge >= 0.3 is 0 Å². The maximum Gasteiger partial charge on any atom is 0.0407 e. The van der Waals surface area contributed by atoms with Crippen LogP contribution < -0.4 is 4.90 Å². The molecule has 0 amide bonds. The van der Waals surface area contributed by atoms with Gasteiger partial charge in [-0.25, -0.2) is 3.11 Å². The zero-order valence-electron chi connectivity index (χ0n) is 10.2. The summed E-state index contributed by atoms with van der Waals surface area (Å²) in [7, 11) is 0. The van der Waals surface area contributed by atoms with Gasteiger partial charge in [0.15, 0.2) is 0 Å². The van der Waals surface area contributed by atoms with E-state index in [1.165, 1.54) is 18.7 Å². The molecule has 2 rings (SSSR count). The van der Waals surface area contributed by atoms with E-state index >= 15 is 0 Å². The summed E-state index contributed by atoms with van der Waals surface area (Å²) < 4.78 is 2.39. The second-order valence-electron chi connectivity index (χ2n) is 4.79. The monoisotopic (exact) mass is 364 g/mol. The highest BCUT2D eigenvalue weighted by Gasteiger charge is 2.28. The lowest BCUT2D eigenvalue weighted by Crippen LogP contribution is -2.50. The molecule has 2 nitrogen and oxygen atoms in total. The lowest BCUT2D eigenvalue weighted by atomic mass is 10.1. The Morgan fingerprint density at radius 3 is 2.47 bits per heavy atom. The van der Waals surface area contributed by atoms with Crippen LogP contribution in [0.3, 0.4) is 0 Å². The summed E-state index contributed by atoms with van der Waals surface area (Å²) in [5, 5.41) is 0.802. The lowest BCUT2D eigenvalue weighted by Gasteiger charge is -2.41. The Morgan fingerprint density at radius 1 is 1.41 bits per heavy atom. The summed E-state index contributed by atoms with van der Waals surface area (Å²) >= 11 is 8.36. The first kappa shape index (κ1) is 13.4. The molecule has 17 heavy (non-hydrogen) atoms. The molecule has 1 atom stereocenters. The Labute approximate surface area is 122 Å². The van der Waals surface area contributed by atoms with Crippen LogP contribution in [0.2, 0.25) is 5.02 Å². The molecular formula is C13H18ClIN2. The third kappa shape index (κ3) is 3.26. The Kier molecular flexibility index (Phi) is 4.55. The Bertz CT molecular complexity index is 366. The van der Waals surface area contributed by atoms with Gasteiger partial charge in [0, 0.05) is 58.7 Å². The van der Waals surface area contributed by atoms with E-state index in [0.29, 0.717) is 12.1 Å². The quantitative estimate of drug-likeness (QED) is 0.589. The summed E-state index contributed by atoms with van der Waals surface area (Å²) in [5.74, 6) is 0. The van der Waals surface area contributed by atoms with Gasteiger partial charge in [-0.1, -0.05) is 11.6 Å². The number of hydrogen-bond donors (Lipinski definition) is 0. The zero-order chi connectivity index (χ0) is 12.4. The van der Waals surface area contributed by atoms with Crippen molar-refractivity contribution in [2.24, 2.45) is 0 Å². The molecule has 0 spiro atoms. The predicted molar refractivity (Wildman–Crippen MR) is 83.1 cm³/mol. The molecule has 0 aliphatic carbocycles. The summed E-state index contributed by atoms with van der Waals surface area (Å²) in [5.41, 5.74) is 1.26. The van der Waals surface area contributed by atoms with Crippen molar-refractivity contribution >= 4 is 40.2 Å². The van der Waals surface area contributed by atoms with E-state index < -0.39 is 0 Å². The van der Waals surface area contributed by atoms with Crippen molar-refractivity contribution in [1.82, 2.24) is 3.11 Å². The third-order valence-electron chi connectivity index (χ3n) is 3.26. The summed E-state index contributed by atoms with van der Waals surface area (Å²) in [6.45, 7) is 6.80. The maximum atomic E-state index is 5.94. The van der Waals surface area contributed by atoms with Crippen molar-refractivity contribution in [3.63, 3.8) is 0 Å². The molecule has 1 fully saturated rings. The van der Waals surface area contributed by atoms with Crippen molar-refractivity contribution < 1.29 is 0 Å². The largest absolute Gasteiger partial charge is 0.368 e. The van der Waals surface area contributed by atoms with E-state index in [-0.39, 0.29) is 0 Å². The standard InChI is InChI=1S/C13H18ClIN2/c1-10(2)16(9-13-7-8-17(13)15)12-5-3-11(14)4-6-12/h3-6,10,13H,7-9H2,1-2H3. The van der Waals surface area contributed by atoms with E-state index in [0.717, 1.165) is 11.6 Å². The molecule has 94 valence electrons. The molecule has 0 bridgehead atoms. The van der Waals surface area contributed by atoms with Gasteiger partial charge in [0.05, 0.1) is 0 Å². The molecule has 0 N–H and O–H groups in total. The first-order valence-corrected chi connectivity index (χ1v) is 7.37. The Morgan fingerprint density at radius 2 is 2.06 bits per heavy atom. The summed E-state index contributed by atoms with van der Waals surface area (Å²) in [6.07, 6.45) is 1.31. The fraction of sp³-hybridized carbons (Fsp3) is 0.538. The maximum absolute atomic E-state index is 5.94. The van der Waals surface area contributed by atoms with Gasteiger partial charge in [-0.2, -0.15) is 0 Å². The van der Waals surface area contributed by atoms with Gasteiger partial charge in [0.25, 0.3) is 0 Å². The Hall–Kier alpha value is -0.0000000000000000555. The summed E-state index contributed by atoms with van der Waals surface area (Å²) in [6, 6.07) is 9.36. The molecule has 1 heterocycles. The smallest absolute Gasteiger partial charge is 0.0407 e. The molecule has 0 saturated carbocycles. The first-order chi connectivity index (χ1) is 8.08. The second-order valence-corrected chi connectivity index (χ2v) is 6.46. The number of benzene rings is 1. The van der Waals surface area contributed by atoms with E-state index in [1.807, 2.05) is 12.1 Å². The second kappa shape index (κ2) is 5.76. The Balaban J connectivity index is 2.08. The highest BCUT2D eigenvalue weighted by molar-refractivity contribution is 14.1. The average Bonchev–Trinajstić information content (AvgIpc) is 2.29. The van der Waals surface area contributed by atoms with Gasteiger partial charge in [-0.3, -0.25) is 0 Å². The SMILES string of the molecule is CC(C)N(CC1CCN1I)c1ccc(Cl)cc1. The van der Waals surface area contributed by atoms with Crippen LogP contribution in [0.25, 0.3) is 0 Å². The van der Waals surface area contributed by atoms with E-state index in [2.05, 4.69) is 56.9 Å². The van der Waals surface area contributed by atoms with Crippen molar-refractivity contribution in [2.75, 3.05) is 18.0 Å². The minimum atomic E-state index is 0.515. The van der Waals surface area contributed by atoms with Crippen LogP contribution in [-0.4, -0.2) is 28.3 Å². The van der Waals surface area contributed by atoms with E-state index in [1.54, 1.807) is 0 Å². The van der Waals surface area contributed by atoms with Crippen LogP contribution in [0.1, 0.15) is 20.3 Å². The zero-order valence-corrected chi connectivity index (χ0v) is 13.1. The molecule has 1 aliphatic heterocycles. The highest BCUT2D eigenvalue weighted by Crippen LogP contribution is 2.26. The normalized spacial score (nSPS) is 20.4. The third-order valence-corrected chi connectivity index (χ3v) is 4.78. The average molecular weight is 365 g/mol. The number of halogens is 2. The van der Waals surface area contributed by atoms with Crippen LogP contribution >= 0.6 is 34.5 Å². The van der Waals surface area contributed by atoms with Gasteiger partial charge in [-0.05, 0) is 44.5 Å². The molecule has 1 unspecified atom stereocenters. The number of anilines is 1. The van der Waals surface area contributed by atoms with Crippen molar-refractivity contribution in [2.45, 2.75) is 32.4 Å².